The van der Waals surface area contributed by atoms with Crippen LogP contribution < -0.4 is 5.32 Å². The number of hydrogen-bond donors (Lipinski definition) is 2. The molecule has 5 nitrogen and oxygen atoms in total. The van der Waals surface area contributed by atoms with Gasteiger partial charge in [-0.15, -0.1) is 0 Å². The Morgan fingerprint density at radius 1 is 1.40 bits per heavy atom. The van der Waals surface area contributed by atoms with Gasteiger partial charge in [0.15, 0.2) is 0 Å². The van der Waals surface area contributed by atoms with Crippen molar-refractivity contribution in [2.45, 2.75) is 6.92 Å². The predicted molar refractivity (Wildman–Crippen MR) is 80.7 cm³/mol. The SMILES string of the molecule is Cc1ccncc1NC(=O)c1c[nH]c2ncc(Br)cc12. The molecule has 100 valence electrons. The van der Waals surface area contributed by atoms with Crippen LogP contribution in [0.15, 0.2) is 41.4 Å². The van der Waals surface area contributed by atoms with E-state index in [9.17, 15) is 4.79 Å². The van der Waals surface area contributed by atoms with E-state index in [1.54, 1.807) is 24.8 Å². The number of hydrogen-bond acceptors (Lipinski definition) is 3. The molecule has 6 heteroatoms. The number of carbonyl (C=O) groups excluding carboxylic acids is 1. The quantitative estimate of drug-likeness (QED) is 0.757. The Balaban J connectivity index is 1.97. The largest absolute Gasteiger partial charge is 0.345 e. The van der Waals surface area contributed by atoms with Crippen LogP contribution >= 0.6 is 15.9 Å². The molecule has 0 atom stereocenters. The summed E-state index contributed by atoms with van der Waals surface area (Å²) in [5, 5.41) is 3.64. The minimum Gasteiger partial charge on any atom is -0.345 e. The molecular formula is C14H11BrN4O. The summed E-state index contributed by atoms with van der Waals surface area (Å²) in [5.74, 6) is -0.188. The minimum absolute atomic E-state index is 0.188. The van der Waals surface area contributed by atoms with Gasteiger partial charge < -0.3 is 10.3 Å². The first-order valence-corrected chi connectivity index (χ1v) is 6.79. The normalized spacial score (nSPS) is 10.7. The van der Waals surface area contributed by atoms with Crippen molar-refractivity contribution in [1.29, 1.82) is 0 Å². The van der Waals surface area contributed by atoms with Crippen LogP contribution in [0.2, 0.25) is 0 Å². The first-order chi connectivity index (χ1) is 9.65. The van der Waals surface area contributed by atoms with Gasteiger partial charge in [0.1, 0.15) is 5.65 Å². The Bertz CT molecular complexity index is 797. The lowest BCUT2D eigenvalue weighted by Gasteiger charge is -2.06. The lowest BCUT2D eigenvalue weighted by Crippen LogP contribution is -2.12. The molecule has 0 bridgehead atoms. The van der Waals surface area contributed by atoms with Crippen molar-refractivity contribution in [3.63, 3.8) is 0 Å². The topological polar surface area (TPSA) is 70.7 Å². The summed E-state index contributed by atoms with van der Waals surface area (Å²) >= 11 is 3.36. The smallest absolute Gasteiger partial charge is 0.257 e. The van der Waals surface area contributed by atoms with Gasteiger partial charge in [-0.25, -0.2) is 4.98 Å². The molecule has 0 spiro atoms. The summed E-state index contributed by atoms with van der Waals surface area (Å²) < 4.78 is 0.830. The highest BCUT2D eigenvalue weighted by Crippen LogP contribution is 2.22. The van der Waals surface area contributed by atoms with Gasteiger partial charge >= 0.3 is 0 Å². The van der Waals surface area contributed by atoms with Crippen molar-refractivity contribution in [3.8, 4) is 0 Å². The number of rotatable bonds is 2. The number of pyridine rings is 2. The lowest BCUT2D eigenvalue weighted by atomic mass is 10.2. The second-order valence-electron chi connectivity index (χ2n) is 4.40. The van der Waals surface area contributed by atoms with Crippen LogP contribution in [0.25, 0.3) is 11.0 Å². The highest BCUT2D eigenvalue weighted by molar-refractivity contribution is 9.10. The van der Waals surface area contributed by atoms with Crippen LogP contribution in [0, 0.1) is 6.92 Å². The number of carbonyl (C=O) groups is 1. The molecule has 0 aliphatic carbocycles. The van der Waals surface area contributed by atoms with E-state index in [1.165, 1.54) is 0 Å². The number of anilines is 1. The molecular weight excluding hydrogens is 320 g/mol. The molecule has 3 aromatic rings. The summed E-state index contributed by atoms with van der Waals surface area (Å²) in [6.45, 7) is 1.92. The summed E-state index contributed by atoms with van der Waals surface area (Å²) in [7, 11) is 0. The zero-order valence-corrected chi connectivity index (χ0v) is 12.2. The van der Waals surface area contributed by atoms with Gasteiger partial charge in [0.2, 0.25) is 0 Å². The first-order valence-electron chi connectivity index (χ1n) is 6.00. The van der Waals surface area contributed by atoms with E-state index in [1.807, 2.05) is 19.1 Å². The van der Waals surface area contributed by atoms with Gasteiger partial charge in [-0.2, -0.15) is 0 Å². The average Bonchev–Trinajstić information content (AvgIpc) is 2.84. The van der Waals surface area contributed by atoms with E-state index in [2.05, 4.69) is 36.2 Å². The van der Waals surface area contributed by atoms with Crippen LogP contribution in [0.1, 0.15) is 15.9 Å². The number of nitrogens with zero attached hydrogens (tertiary/aromatic N) is 2. The molecule has 0 aliphatic rings. The maximum Gasteiger partial charge on any atom is 0.257 e. The molecule has 0 radical (unpaired) electrons. The van der Waals surface area contributed by atoms with Crippen molar-refractivity contribution >= 4 is 38.6 Å². The number of amides is 1. The number of aromatic nitrogens is 3. The van der Waals surface area contributed by atoms with Gasteiger partial charge in [-0.05, 0) is 40.5 Å². The number of halogens is 1. The van der Waals surface area contributed by atoms with E-state index in [-0.39, 0.29) is 5.91 Å². The second-order valence-corrected chi connectivity index (χ2v) is 5.31. The fourth-order valence-corrected chi connectivity index (χ4v) is 2.28. The van der Waals surface area contributed by atoms with Crippen LogP contribution in [0.4, 0.5) is 5.69 Å². The minimum atomic E-state index is -0.188. The van der Waals surface area contributed by atoms with Gasteiger partial charge in [-0.1, -0.05) is 0 Å². The molecule has 3 aromatic heterocycles. The van der Waals surface area contributed by atoms with Gasteiger partial charge in [0.25, 0.3) is 5.91 Å². The monoisotopic (exact) mass is 330 g/mol. The average molecular weight is 331 g/mol. The van der Waals surface area contributed by atoms with Crippen molar-refractivity contribution in [1.82, 2.24) is 15.0 Å². The third kappa shape index (κ3) is 2.30. The Morgan fingerprint density at radius 3 is 3.05 bits per heavy atom. The fraction of sp³-hybridized carbons (Fsp3) is 0.0714. The van der Waals surface area contributed by atoms with E-state index in [0.717, 1.165) is 15.4 Å². The van der Waals surface area contributed by atoms with E-state index >= 15 is 0 Å². The maximum absolute atomic E-state index is 12.4. The third-order valence-corrected chi connectivity index (χ3v) is 3.46. The Hall–Kier alpha value is -2.21. The Kier molecular flexibility index (Phi) is 3.23. The predicted octanol–water partition coefficient (Wildman–Crippen LogP) is 3.28. The summed E-state index contributed by atoms with van der Waals surface area (Å²) in [5.41, 5.74) is 2.90. The maximum atomic E-state index is 12.4. The zero-order valence-electron chi connectivity index (χ0n) is 10.6. The van der Waals surface area contributed by atoms with Crippen LogP contribution in [-0.2, 0) is 0 Å². The molecule has 0 unspecified atom stereocenters. The number of fused-ring (bicyclic) bond motifs is 1. The fourth-order valence-electron chi connectivity index (χ4n) is 1.95. The van der Waals surface area contributed by atoms with Crippen LogP contribution in [0.5, 0.6) is 0 Å². The van der Waals surface area contributed by atoms with Gasteiger partial charge in [0.05, 0.1) is 17.4 Å². The number of aryl methyl sites for hydroxylation is 1. The summed E-state index contributed by atoms with van der Waals surface area (Å²) in [6.07, 6.45) is 6.67. The molecule has 0 fully saturated rings. The molecule has 3 rings (SSSR count). The standard InChI is InChI=1S/C14H11BrN4O/c1-8-2-3-16-7-12(8)19-14(20)11-6-18-13-10(11)4-9(15)5-17-13/h2-7H,1H3,(H,17,18)(H,19,20). The van der Waals surface area contributed by atoms with Gasteiger partial charge in [0, 0.05) is 28.4 Å². The molecule has 0 aromatic carbocycles. The number of H-pyrrole nitrogens is 1. The van der Waals surface area contributed by atoms with Crippen molar-refractivity contribution < 1.29 is 4.79 Å². The Morgan fingerprint density at radius 2 is 2.25 bits per heavy atom. The molecule has 2 N–H and O–H groups in total. The molecule has 1 amide bonds. The van der Waals surface area contributed by atoms with Crippen molar-refractivity contribution in [3.05, 3.63) is 52.5 Å². The van der Waals surface area contributed by atoms with Crippen molar-refractivity contribution in [2.24, 2.45) is 0 Å². The first kappa shape index (κ1) is 12.8. The third-order valence-electron chi connectivity index (χ3n) is 3.03. The van der Waals surface area contributed by atoms with E-state index in [4.69, 9.17) is 0 Å². The molecule has 0 aliphatic heterocycles. The van der Waals surface area contributed by atoms with E-state index < -0.39 is 0 Å². The van der Waals surface area contributed by atoms with Crippen LogP contribution in [-0.4, -0.2) is 20.9 Å². The highest BCUT2D eigenvalue weighted by atomic mass is 79.9. The number of aromatic amines is 1. The Labute approximate surface area is 123 Å². The van der Waals surface area contributed by atoms with Crippen LogP contribution in [0.3, 0.4) is 0 Å². The summed E-state index contributed by atoms with van der Waals surface area (Å²) in [4.78, 5) is 23.6. The second kappa shape index (κ2) is 5.05. The van der Waals surface area contributed by atoms with E-state index in [0.29, 0.717) is 16.9 Å². The number of nitrogens with one attached hydrogen (secondary N) is 2. The zero-order chi connectivity index (χ0) is 14.1. The highest BCUT2D eigenvalue weighted by Gasteiger charge is 2.14. The molecule has 20 heavy (non-hydrogen) atoms. The molecule has 3 heterocycles. The van der Waals surface area contributed by atoms with Gasteiger partial charge in [-0.3, -0.25) is 9.78 Å². The van der Waals surface area contributed by atoms with Crippen molar-refractivity contribution in [2.75, 3.05) is 5.32 Å². The summed E-state index contributed by atoms with van der Waals surface area (Å²) in [6, 6.07) is 3.72. The molecule has 0 saturated carbocycles. The molecule has 0 saturated heterocycles. The lowest BCUT2D eigenvalue weighted by molar-refractivity contribution is 0.102.